The molecule has 2 rings (SSSR count). The molecule has 0 fully saturated rings. The second-order valence-corrected chi connectivity index (χ2v) is 13.6. The third-order valence-electron chi connectivity index (χ3n) is 5.49. The van der Waals surface area contributed by atoms with Gasteiger partial charge in [-0.25, -0.2) is 0 Å². The number of benzene rings is 2. The van der Waals surface area contributed by atoms with Gasteiger partial charge in [0.2, 0.25) is 14.2 Å². The number of amides is 1. The maximum atomic E-state index is 12.2. The minimum Gasteiger partial charge on any atom is -0.543 e. The lowest BCUT2D eigenvalue weighted by Crippen LogP contribution is -2.43. The summed E-state index contributed by atoms with van der Waals surface area (Å²) in [7, 11) is 1.30. The van der Waals surface area contributed by atoms with Crippen molar-refractivity contribution in [3.05, 3.63) is 66.1 Å². The molecule has 6 heteroatoms. The quantitative estimate of drug-likeness (QED) is 0.415. The van der Waals surface area contributed by atoms with Crippen molar-refractivity contribution in [1.29, 1.82) is 0 Å². The molecule has 31 heavy (non-hydrogen) atoms. The minimum absolute atomic E-state index is 0.128. The number of methoxy groups -OCH3 is 2. The van der Waals surface area contributed by atoms with Crippen LogP contribution in [0.5, 0.6) is 17.2 Å². The zero-order valence-corrected chi connectivity index (χ0v) is 20.6. The third-order valence-corrected chi connectivity index (χ3v) is 9.84. The fourth-order valence-electron chi connectivity index (χ4n) is 2.61. The van der Waals surface area contributed by atoms with E-state index in [-0.39, 0.29) is 10.9 Å². The fraction of sp³-hybridized carbons (Fsp3) is 0.360. The summed E-state index contributed by atoms with van der Waals surface area (Å²) in [5, 5.41) is 2.99. The van der Waals surface area contributed by atoms with Crippen molar-refractivity contribution in [3.63, 3.8) is 0 Å². The predicted octanol–water partition coefficient (Wildman–Crippen LogP) is 5.47. The Hall–Kier alpha value is -2.73. The molecule has 0 aliphatic heterocycles. The molecular formula is C25H34NO4Si. The van der Waals surface area contributed by atoms with Gasteiger partial charge in [0, 0.05) is 19.0 Å². The topological polar surface area (TPSA) is 56.8 Å². The van der Waals surface area contributed by atoms with E-state index < -0.39 is 8.32 Å². The maximum Gasteiger partial charge on any atom is 0.250 e. The van der Waals surface area contributed by atoms with Crippen LogP contribution in [0.4, 0.5) is 0 Å². The highest BCUT2D eigenvalue weighted by molar-refractivity contribution is 6.74. The molecule has 2 aromatic rings. The normalized spacial score (nSPS) is 12.0. The van der Waals surface area contributed by atoms with Gasteiger partial charge >= 0.3 is 0 Å². The Morgan fingerprint density at radius 1 is 1.00 bits per heavy atom. The summed E-state index contributed by atoms with van der Waals surface area (Å²) in [5.74, 6) is 2.01. The van der Waals surface area contributed by atoms with Crippen LogP contribution in [0.2, 0.25) is 18.1 Å². The fourth-order valence-corrected chi connectivity index (χ4v) is 3.63. The highest BCUT2D eigenvalue weighted by atomic mass is 28.4. The minimum atomic E-state index is -1.90. The van der Waals surface area contributed by atoms with Crippen LogP contribution in [0.1, 0.15) is 31.9 Å². The average molecular weight is 441 g/mol. The van der Waals surface area contributed by atoms with Crippen molar-refractivity contribution in [1.82, 2.24) is 5.32 Å². The molecule has 0 bridgehead atoms. The van der Waals surface area contributed by atoms with Crippen molar-refractivity contribution in [2.24, 2.45) is 0 Å². The summed E-state index contributed by atoms with van der Waals surface area (Å²) in [5.41, 5.74) is 1.87. The molecule has 0 aliphatic carbocycles. The first-order chi connectivity index (χ1) is 14.6. The summed E-state index contributed by atoms with van der Waals surface area (Å²) in [4.78, 5) is 12.2. The van der Waals surface area contributed by atoms with Crippen molar-refractivity contribution < 1.29 is 18.7 Å². The zero-order chi connectivity index (χ0) is 23.1. The Kier molecular flexibility index (Phi) is 8.33. The molecule has 0 saturated heterocycles. The standard InChI is InChI=1S/C25H34NO4Si/c1-25(2,3)31(6,7)30-21-10-8-9-19(17-21)12-14-24(27)26-16-15-20-11-13-22(28-4)23(18-20)29-5/h8-15,17-18H,16H2,1-7H3,(H,26,27)/b14-12+. The van der Waals surface area contributed by atoms with Gasteiger partial charge < -0.3 is 19.2 Å². The first-order valence-electron chi connectivity index (χ1n) is 10.4. The van der Waals surface area contributed by atoms with Crippen LogP contribution >= 0.6 is 0 Å². The Morgan fingerprint density at radius 3 is 2.35 bits per heavy atom. The van der Waals surface area contributed by atoms with E-state index in [9.17, 15) is 4.79 Å². The van der Waals surface area contributed by atoms with Gasteiger partial charge in [0.25, 0.3) is 0 Å². The molecule has 0 unspecified atom stereocenters. The summed E-state index contributed by atoms with van der Waals surface area (Å²) >= 11 is 0. The molecule has 1 radical (unpaired) electrons. The summed E-state index contributed by atoms with van der Waals surface area (Å²) in [6, 6.07) is 13.5. The molecule has 0 aliphatic rings. The molecule has 0 saturated carbocycles. The predicted molar refractivity (Wildman–Crippen MR) is 129 cm³/mol. The zero-order valence-electron chi connectivity index (χ0n) is 19.6. The van der Waals surface area contributed by atoms with Crippen LogP contribution < -0.4 is 19.2 Å². The molecule has 0 spiro atoms. The van der Waals surface area contributed by atoms with Gasteiger partial charge in [0.15, 0.2) is 11.5 Å². The number of ether oxygens (including phenoxy) is 2. The van der Waals surface area contributed by atoms with Crippen LogP contribution in [0.25, 0.3) is 6.08 Å². The van der Waals surface area contributed by atoms with E-state index in [1.165, 1.54) is 6.08 Å². The molecule has 167 valence electrons. The van der Waals surface area contributed by atoms with Crippen LogP contribution in [-0.2, 0) is 4.79 Å². The lowest BCUT2D eigenvalue weighted by molar-refractivity contribution is -0.116. The van der Waals surface area contributed by atoms with Gasteiger partial charge in [0.1, 0.15) is 5.75 Å². The van der Waals surface area contributed by atoms with Gasteiger partial charge in [-0.3, -0.25) is 4.79 Å². The Bertz CT molecular complexity index is 916. The highest BCUT2D eigenvalue weighted by Gasteiger charge is 2.38. The largest absolute Gasteiger partial charge is 0.543 e. The number of carbonyl (C=O) groups excluding carboxylic acids is 1. The van der Waals surface area contributed by atoms with Gasteiger partial charge in [-0.15, -0.1) is 0 Å². The van der Waals surface area contributed by atoms with Crippen LogP contribution in [0.3, 0.4) is 0 Å². The van der Waals surface area contributed by atoms with E-state index in [0.29, 0.717) is 18.0 Å². The molecule has 5 nitrogen and oxygen atoms in total. The van der Waals surface area contributed by atoms with E-state index in [1.807, 2.05) is 48.9 Å². The average Bonchev–Trinajstić information content (AvgIpc) is 2.71. The summed E-state index contributed by atoms with van der Waals surface area (Å²) < 4.78 is 16.9. The number of rotatable bonds is 9. The van der Waals surface area contributed by atoms with E-state index in [2.05, 4.69) is 39.2 Å². The van der Waals surface area contributed by atoms with E-state index >= 15 is 0 Å². The van der Waals surface area contributed by atoms with Crippen molar-refractivity contribution >= 4 is 20.3 Å². The van der Waals surface area contributed by atoms with Gasteiger partial charge in [-0.1, -0.05) is 39.0 Å². The Labute approximate surface area is 187 Å². The molecule has 2 aromatic carbocycles. The van der Waals surface area contributed by atoms with Crippen LogP contribution in [0, 0.1) is 6.42 Å². The molecular weight excluding hydrogens is 406 g/mol. The third kappa shape index (κ3) is 7.17. The molecule has 1 N–H and O–H groups in total. The Morgan fingerprint density at radius 2 is 1.71 bits per heavy atom. The summed E-state index contributed by atoms with van der Waals surface area (Å²) in [6.45, 7) is 11.5. The van der Waals surface area contributed by atoms with E-state index in [0.717, 1.165) is 16.9 Å². The first kappa shape index (κ1) is 24.5. The Balaban J connectivity index is 1.91. The van der Waals surface area contributed by atoms with Gasteiger partial charge in [0.05, 0.1) is 14.2 Å². The second-order valence-electron chi connectivity index (χ2n) is 8.83. The van der Waals surface area contributed by atoms with Gasteiger partial charge in [-0.05, 0) is 59.6 Å². The van der Waals surface area contributed by atoms with Crippen molar-refractivity contribution in [2.45, 2.75) is 38.9 Å². The summed E-state index contributed by atoms with van der Waals surface area (Å²) in [6.07, 6.45) is 5.25. The first-order valence-corrected chi connectivity index (χ1v) is 13.3. The second kappa shape index (κ2) is 10.5. The number of carbonyl (C=O) groups is 1. The molecule has 0 atom stereocenters. The number of hydrogen-bond donors (Lipinski definition) is 1. The molecule has 0 heterocycles. The van der Waals surface area contributed by atoms with E-state index in [4.69, 9.17) is 13.9 Å². The maximum absolute atomic E-state index is 12.2. The van der Waals surface area contributed by atoms with Crippen molar-refractivity contribution in [2.75, 3.05) is 20.8 Å². The SMILES string of the molecule is COc1ccc([CH]CNC(=O)/C=C/c2cccc(O[Si](C)(C)C(C)(C)C)c2)cc1OC. The lowest BCUT2D eigenvalue weighted by Gasteiger charge is -2.36. The van der Waals surface area contributed by atoms with Gasteiger partial charge in [-0.2, -0.15) is 0 Å². The number of hydrogen-bond acceptors (Lipinski definition) is 4. The smallest absolute Gasteiger partial charge is 0.250 e. The lowest BCUT2D eigenvalue weighted by atomic mass is 10.1. The van der Waals surface area contributed by atoms with Crippen LogP contribution in [0.15, 0.2) is 48.5 Å². The number of nitrogens with one attached hydrogen (secondary N) is 1. The molecule has 1 amide bonds. The van der Waals surface area contributed by atoms with Crippen LogP contribution in [-0.4, -0.2) is 35.0 Å². The highest BCUT2D eigenvalue weighted by Crippen LogP contribution is 2.37. The van der Waals surface area contributed by atoms with Crippen molar-refractivity contribution in [3.8, 4) is 17.2 Å². The molecule has 0 aromatic heterocycles. The van der Waals surface area contributed by atoms with E-state index in [1.54, 1.807) is 20.3 Å². The monoisotopic (exact) mass is 440 g/mol.